The highest BCUT2D eigenvalue weighted by atomic mass is 33.1. The molecule has 2 amide bonds. The monoisotopic (exact) mass is 426 g/mol. The van der Waals surface area contributed by atoms with E-state index in [1.165, 1.54) is 24.7 Å². The Kier molecular flexibility index (Phi) is 10.6. The summed E-state index contributed by atoms with van der Waals surface area (Å²) in [6.45, 7) is 0.738. The van der Waals surface area contributed by atoms with Crippen molar-refractivity contribution in [1.82, 2.24) is 10.6 Å². The molecule has 0 spiro atoms. The van der Waals surface area contributed by atoms with Crippen LogP contribution in [0.5, 0.6) is 5.75 Å². The second-order valence-electron chi connectivity index (χ2n) is 6.93. The number of phenolic OH excluding ortho intramolecular Hbond substituents is 1. The molecule has 2 atom stereocenters. The number of aromatic hydroxyl groups is 1. The van der Waals surface area contributed by atoms with Crippen molar-refractivity contribution in [1.29, 1.82) is 0 Å². The third kappa shape index (κ3) is 8.75. The Balaban J connectivity index is 1.47. The molecule has 28 heavy (non-hydrogen) atoms. The predicted octanol–water partition coefficient (Wildman–Crippen LogP) is 3.09. The molecule has 6 nitrogen and oxygen atoms in total. The maximum absolute atomic E-state index is 11.9. The third-order valence-electron chi connectivity index (χ3n) is 4.62. The number of carbonyl (C=O) groups is 2. The van der Waals surface area contributed by atoms with Crippen molar-refractivity contribution < 1.29 is 19.8 Å². The molecule has 156 valence electrons. The molecule has 2 unspecified atom stereocenters. The number of unbranched alkanes of at least 4 members (excludes halogenated alkanes) is 1. The highest BCUT2D eigenvalue weighted by molar-refractivity contribution is 8.77. The van der Waals surface area contributed by atoms with Crippen molar-refractivity contribution in [3.63, 3.8) is 0 Å². The summed E-state index contributed by atoms with van der Waals surface area (Å²) in [5.41, 5.74) is 0.217. The quantitative estimate of drug-likeness (QED) is 0.303. The Morgan fingerprint density at radius 3 is 2.61 bits per heavy atom. The normalized spacial score (nSPS) is 17.2. The first kappa shape index (κ1) is 22.9. The minimum Gasteiger partial charge on any atom is -0.507 e. The highest BCUT2D eigenvalue weighted by Crippen LogP contribution is 2.39. The summed E-state index contributed by atoms with van der Waals surface area (Å²) >= 11 is 0. The maximum Gasteiger partial charge on any atom is 0.255 e. The van der Waals surface area contributed by atoms with Crippen LogP contribution in [0.15, 0.2) is 24.3 Å². The lowest BCUT2D eigenvalue weighted by Crippen LogP contribution is -2.30. The number of rotatable bonds is 12. The zero-order chi connectivity index (χ0) is 20.2. The third-order valence-corrected chi connectivity index (χ3v) is 7.63. The molecule has 8 heteroatoms. The van der Waals surface area contributed by atoms with E-state index in [-0.39, 0.29) is 23.1 Å². The molecule has 1 aliphatic rings. The van der Waals surface area contributed by atoms with E-state index in [1.807, 2.05) is 21.6 Å². The Bertz CT molecular complexity index is 624. The van der Waals surface area contributed by atoms with Gasteiger partial charge in [-0.2, -0.15) is 0 Å². The zero-order valence-corrected chi connectivity index (χ0v) is 17.7. The average molecular weight is 427 g/mol. The molecule has 0 aromatic heterocycles. The number of hydrogen-bond acceptors (Lipinski definition) is 6. The molecule has 0 aliphatic carbocycles. The number of aliphatic hydroxyl groups is 1. The number of aliphatic hydroxyl groups excluding tert-OH is 1. The van der Waals surface area contributed by atoms with Crippen LogP contribution in [-0.4, -0.2) is 52.2 Å². The van der Waals surface area contributed by atoms with Gasteiger partial charge in [0.25, 0.3) is 5.91 Å². The predicted molar refractivity (Wildman–Crippen MR) is 116 cm³/mol. The molecule has 1 aromatic rings. The summed E-state index contributed by atoms with van der Waals surface area (Å²) in [5, 5.41) is 25.9. The van der Waals surface area contributed by atoms with E-state index >= 15 is 0 Å². The summed E-state index contributed by atoms with van der Waals surface area (Å²) in [4.78, 5) is 23.8. The van der Waals surface area contributed by atoms with Gasteiger partial charge in [0.2, 0.25) is 5.91 Å². The van der Waals surface area contributed by atoms with E-state index < -0.39 is 6.10 Å². The van der Waals surface area contributed by atoms with E-state index in [4.69, 9.17) is 0 Å². The molecule has 0 radical (unpaired) electrons. The van der Waals surface area contributed by atoms with Crippen LogP contribution in [0.2, 0.25) is 0 Å². The standard InChI is InChI=1S/C20H30N2O4S2/c23-15(10-13-22-20(26)17-6-2-3-7-18(17)24)9-12-21-19(25)8-4-1-5-16-11-14-27-28-16/h2-3,6-7,15-16,23-24H,1,4-5,8-14H2,(H,21,25)(H,22,26). The van der Waals surface area contributed by atoms with Crippen molar-refractivity contribution in [2.24, 2.45) is 0 Å². The Morgan fingerprint density at radius 1 is 1.14 bits per heavy atom. The van der Waals surface area contributed by atoms with Crippen molar-refractivity contribution in [2.75, 3.05) is 18.8 Å². The fourth-order valence-electron chi connectivity index (χ4n) is 2.95. The lowest BCUT2D eigenvalue weighted by atomic mass is 10.1. The van der Waals surface area contributed by atoms with E-state index in [2.05, 4.69) is 10.6 Å². The summed E-state index contributed by atoms with van der Waals surface area (Å²) in [6.07, 6.45) is 5.27. The largest absolute Gasteiger partial charge is 0.507 e. The first-order chi connectivity index (χ1) is 13.6. The summed E-state index contributed by atoms with van der Waals surface area (Å²) in [6, 6.07) is 6.33. The zero-order valence-electron chi connectivity index (χ0n) is 16.1. The van der Waals surface area contributed by atoms with Gasteiger partial charge in [-0.05, 0) is 44.2 Å². The summed E-state index contributed by atoms with van der Waals surface area (Å²) in [7, 11) is 3.92. The van der Waals surface area contributed by atoms with Gasteiger partial charge in [0, 0.05) is 30.5 Å². The molecule has 0 saturated carbocycles. The number of hydrogen-bond donors (Lipinski definition) is 4. The van der Waals surface area contributed by atoms with Crippen LogP contribution in [0.3, 0.4) is 0 Å². The molecule has 0 bridgehead atoms. The number of carbonyl (C=O) groups excluding carboxylic acids is 2. The molecule has 1 fully saturated rings. The number of phenols is 1. The van der Waals surface area contributed by atoms with Crippen molar-refractivity contribution in [3.05, 3.63) is 29.8 Å². The first-order valence-corrected chi connectivity index (χ1v) is 12.2. The van der Waals surface area contributed by atoms with Crippen LogP contribution >= 0.6 is 21.6 Å². The van der Waals surface area contributed by atoms with Gasteiger partial charge >= 0.3 is 0 Å². The fraction of sp³-hybridized carbons (Fsp3) is 0.600. The van der Waals surface area contributed by atoms with E-state index in [9.17, 15) is 19.8 Å². The minimum absolute atomic E-state index is 0.0357. The lowest BCUT2D eigenvalue weighted by Gasteiger charge is -2.12. The van der Waals surface area contributed by atoms with Crippen molar-refractivity contribution >= 4 is 33.4 Å². The van der Waals surface area contributed by atoms with Crippen LogP contribution in [0.1, 0.15) is 55.3 Å². The van der Waals surface area contributed by atoms with Gasteiger partial charge in [0.05, 0.1) is 11.7 Å². The van der Waals surface area contributed by atoms with E-state index in [0.29, 0.717) is 32.4 Å². The highest BCUT2D eigenvalue weighted by Gasteiger charge is 2.16. The van der Waals surface area contributed by atoms with Gasteiger partial charge in [-0.1, -0.05) is 40.1 Å². The minimum atomic E-state index is -0.595. The fourth-order valence-corrected chi connectivity index (χ4v) is 5.97. The van der Waals surface area contributed by atoms with Gasteiger partial charge in [-0.15, -0.1) is 0 Å². The molecule has 1 aliphatic heterocycles. The van der Waals surface area contributed by atoms with Gasteiger partial charge < -0.3 is 20.8 Å². The maximum atomic E-state index is 11.9. The Labute approximate surface area is 174 Å². The van der Waals surface area contributed by atoms with Crippen LogP contribution in [0.25, 0.3) is 0 Å². The molecule has 4 N–H and O–H groups in total. The van der Waals surface area contributed by atoms with Crippen molar-refractivity contribution in [3.8, 4) is 5.75 Å². The summed E-state index contributed by atoms with van der Waals surface area (Å²) in [5.74, 6) is 0.849. The number of para-hydroxylation sites is 1. The van der Waals surface area contributed by atoms with Crippen LogP contribution < -0.4 is 10.6 Å². The topological polar surface area (TPSA) is 98.7 Å². The first-order valence-electron chi connectivity index (χ1n) is 9.85. The van der Waals surface area contributed by atoms with Crippen LogP contribution in [0, 0.1) is 0 Å². The molecule has 1 saturated heterocycles. The molecular weight excluding hydrogens is 396 g/mol. The smallest absolute Gasteiger partial charge is 0.255 e. The van der Waals surface area contributed by atoms with E-state index in [1.54, 1.807) is 18.2 Å². The van der Waals surface area contributed by atoms with Crippen LogP contribution in [-0.2, 0) is 4.79 Å². The van der Waals surface area contributed by atoms with Gasteiger partial charge in [0.1, 0.15) is 5.75 Å². The van der Waals surface area contributed by atoms with Gasteiger partial charge in [-0.25, -0.2) is 0 Å². The number of nitrogens with one attached hydrogen (secondary N) is 2. The van der Waals surface area contributed by atoms with E-state index in [0.717, 1.165) is 18.1 Å². The number of amides is 2. The SMILES string of the molecule is O=C(CCCCC1CCSS1)NCCC(O)CCNC(=O)c1ccccc1O. The Hall–Kier alpha value is -1.38. The van der Waals surface area contributed by atoms with Crippen LogP contribution in [0.4, 0.5) is 0 Å². The molecular formula is C20H30N2O4S2. The van der Waals surface area contributed by atoms with Gasteiger partial charge in [-0.3, -0.25) is 9.59 Å². The second kappa shape index (κ2) is 13.0. The molecule has 2 rings (SSSR count). The molecule has 1 aromatic carbocycles. The summed E-state index contributed by atoms with van der Waals surface area (Å²) < 4.78 is 0. The number of benzene rings is 1. The molecule has 1 heterocycles. The Morgan fingerprint density at radius 2 is 1.89 bits per heavy atom. The second-order valence-corrected chi connectivity index (χ2v) is 9.72. The van der Waals surface area contributed by atoms with Crippen molar-refractivity contribution in [2.45, 2.75) is 56.3 Å². The van der Waals surface area contributed by atoms with Gasteiger partial charge in [0.15, 0.2) is 0 Å². The lowest BCUT2D eigenvalue weighted by molar-refractivity contribution is -0.121. The average Bonchev–Trinajstić information content (AvgIpc) is 3.19.